The monoisotopic (exact) mass is 232 g/mol. The summed E-state index contributed by atoms with van der Waals surface area (Å²) in [5.74, 6) is 0. The van der Waals surface area contributed by atoms with Crippen LogP contribution in [-0.4, -0.2) is 43.8 Å². The highest BCUT2D eigenvalue weighted by Gasteiger charge is 2.20. The average Bonchev–Trinajstić information content (AvgIpc) is 2.40. The van der Waals surface area contributed by atoms with E-state index in [0.29, 0.717) is 6.04 Å². The maximum atomic E-state index is 5.38. The largest absolute Gasteiger partial charge is 0.379 e. The summed E-state index contributed by atoms with van der Waals surface area (Å²) in [6, 6.07) is 9.37. The molecule has 0 amide bonds. The summed E-state index contributed by atoms with van der Waals surface area (Å²) < 4.78 is 5.38. The third-order valence-electron chi connectivity index (χ3n) is 3.75. The molecule has 92 valence electrons. The van der Waals surface area contributed by atoms with Gasteiger partial charge in [0.25, 0.3) is 0 Å². The van der Waals surface area contributed by atoms with E-state index < -0.39 is 0 Å². The lowest BCUT2D eigenvalue weighted by Gasteiger charge is -2.33. The van der Waals surface area contributed by atoms with Crippen LogP contribution in [0.5, 0.6) is 0 Å². The van der Waals surface area contributed by atoms with Crippen molar-refractivity contribution < 1.29 is 4.74 Å². The van der Waals surface area contributed by atoms with E-state index in [0.717, 1.165) is 45.8 Å². The average molecular weight is 232 g/mol. The molecule has 0 bridgehead atoms. The number of rotatable bonds is 2. The van der Waals surface area contributed by atoms with Gasteiger partial charge in [0.15, 0.2) is 0 Å². The van der Waals surface area contributed by atoms with Crippen molar-refractivity contribution in [1.82, 2.24) is 10.2 Å². The molecule has 0 aromatic heterocycles. The van der Waals surface area contributed by atoms with Gasteiger partial charge in [0.2, 0.25) is 0 Å². The van der Waals surface area contributed by atoms with Gasteiger partial charge >= 0.3 is 0 Å². The van der Waals surface area contributed by atoms with Crippen molar-refractivity contribution in [2.24, 2.45) is 0 Å². The molecule has 1 saturated heterocycles. The molecule has 0 spiro atoms. The highest BCUT2D eigenvalue weighted by molar-refractivity contribution is 5.29. The molecule has 0 saturated carbocycles. The van der Waals surface area contributed by atoms with E-state index in [9.17, 15) is 0 Å². The molecule has 0 unspecified atom stereocenters. The fraction of sp³-hybridized carbons (Fsp3) is 0.571. The van der Waals surface area contributed by atoms with Gasteiger partial charge in [0.05, 0.1) is 13.2 Å². The zero-order valence-corrected chi connectivity index (χ0v) is 10.2. The molecule has 1 aromatic rings. The number of nitrogens with zero attached hydrogens (tertiary/aromatic N) is 1. The van der Waals surface area contributed by atoms with E-state index in [-0.39, 0.29) is 0 Å². The summed E-state index contributed by atoms with van der Waals surface area (Å²) in [4.78, 5) is 2.51. The summed E-state index contributed by atoms with van der Waals surface area (Å²) in [6.45, 7) is 6.12. The van der Waals surface area contributed by atoms with Crippen LogP contribution in [0.25, 0.3) is 0 Å². The minimum absolute atomic E-state index is 0.600. The quantitative estimate of drug-likeness (QED) is 0.824. The number of ether oxygens (including phenoxy) is 1. The molecule has 3 rings (SSSR count). The smallest absolute Gasteiger partial charge is 0.0594 e. The summed E-state index contributed by atoms with van der Waals surface area (Å²) in [7, 11) is 0. The Balaban J connectivity index is 1.60. The van der Waals surface area contributed by atoms with Crippen molar-refractivity contribution >= 4 is 0 Å². The number of hydrogen-bond acceptors (Lipinski definition) is 3. The zero-order chi connectivity index (χ0) is 11.5. The van der Waals surface area contributed by atoms with E-state index in [4.69, 9.17) is 4.74 Å². The van der Waals surface area contributed by atoms with Crippen LogP contribution in [0.1, 0.15) is 11.1 Å². The van der Waals surface area contributed by atoms with Crippen LogP contribution in [-0.2, 0) is 17.7 Å². The van der Waals surface area contributed by atoms with Gasteiger partial charge in [0, 0.05) is 32.2 Å². The molecule has 1 N–H and O–H groups in total. The van der Waals surface area contributed by atoms with Gasteiger partial charge in [-0.15, -0.1) is 0 Å². The third kappa shape index (κ3) is 2.68. The summed E-state index contributed by atoms with van der Waals surface area (Å²) in [5.41, 5.74) is 2.98. The van der Waals surface area contributed by atoms with E-state index in [1.165, 1.54) is 11.1 Å². The highest BCUT2D eigenvalue weighted by atomic mass is 16.5. The maximum Gasteiger partial charge on any atom is 0.0594 e. The molecule has 0 radical (unpaired) electrons. The maximum absolute atomic E-state index is 5.38. The van der Waals surface area contributed by atoms with Crippen LogP contribution in [0.3, 0.4) is 0 Å². The Morgan fingerprint density at radius 1 is 1.18 bits per heavy atom. The molecule has 3 nitrogen and oxygen atoms in total. The second kappa shape index (κ2) is 5.17. The number of morpholine rings is 1. The Hall–Kier alpha value is -0.900. The van der Waals surface area contributed by atoms with Crippen LogP contribution in [0.4, 0.5) is 0 Å². The van der Waals surface area contributed by atoms with Crippen molar-refractivity contribution in [3.63, 3.8) is 0 Å². The minimum atomic E-state index is 0.600. The zero-order valence-electron chi connectivity index (χ0n) is 10.2. The van der Waals surface area contributed by atoms with E-state index in [1.54, 1.807) is 0 Å². The SMILES string of the molecule is c1ccc2c(c1)CN[C@@H](CN1CCOCC1)C2. The standard InChI is InChI=1S/C14H20N2O/c1-2-4-13-10-15-14(9-12(13)3-1)11-16-5-7-17-8-6-16/h1-4,14-15H,5-11H2/t14-/m1/s1. The van der Waals surface area contributed by atoms with Crippen molar-refractivity contribution in [2.75, 3.05) is 32.8 Å². The van der Waals surface area contributed by atoms with E-state index in [1.807, 2.05) is 0 Å². The first-order valence-corrected chi connectivity index (χ1v) is 6.52. The number of nitrogens with one attached hydrogen (secondary N) is 1. The summed E-state index contributed by atoms with van der Waals surface area (Å²) in [6.07, 6.45) is 1.16. The van der Waals surface area contributed by atoms with Crippen LogP contribution in [0.15, 0.2) is 24.3 Å². The lowest BCUT2D eigenvalue weighted by atomic mass is 9.95. The van der Waals surface area contributed by atoms with Gasteiger partial charge in [0.1, 0.15) is 0 Å². The number of fused-ring (bicyclic) bond motifs is 1. The molecular formula is C14H20N2O. The fourth-order valence-electron chi connectivity index (χ4n) is 2.75. The molecule has 3 heteroatoms. The van der Waals surface area contributed by atoms with Gasteiger partial charge in [-0.1, -0.05) is 24.3 Å². The van der Waals surface area contributed by atoms with Gasteiger partial charge in [-0.3, -0.25) is 4.90 Å². The molecule has 1 aromatic carbocycles. The molecule has 17 heavy (non-hydrogen) atoms. The van der Waals surface area contributed by atoms with Crippen molar-refractivity contribution in [3.05, 3.63) is 35.4 Å². The number of benzene rings is 1. The topological polar surface area (TPSA) is 24.5 Å². The Morgan fingerprint density at radius 2 is 1.94 bits per heavy atom. The lowest BCUT2D eigenvalue weighted by molar-refractivity contribution is 0.0331. The molecule has 2 heterocycles. The van der Waals surface area contributed by atoms with Crippen molar-refractivity contribution in [2.45, 2.75) is 19.0 Å². The molecular weight excluding hydrogens is 212 g/mol. The minimum Gasteiger partial charge on any atom is -0.379 e. The van der Waals surface area contributed by atoms with E-state index in [2.05, 4.69) is 34.5 Å². The lowest BCUT2D eigenvalue weighted by Crippen LogP contribution is -2.47. The van der Waals surface area contributed by atoms with E-state index >= 15 is 0 Å². The van der Waals surface area contributed by atoms with Crippen molar-refractivity contribution in [1.29, 1.82) is 0 Å². The second-order valence-corrected chi connectivity index (χ2v) is 4.96. The Morgan fingerprint density at radius 3 is 2.76 bits per heavy atom. The summed E-state index contributed by atoms with van der Waals surface area (Å²) >= 11 is 0. The first-order chi connectivity index (χ1) is 8.42. The van der Waals surface area contributed by atoms with Crippen LogP contribution < -0.4 is 5.32 Å². The highest BCUT2D eigenvalue weighted by Crippen LogP contribution is 2.16. The first-order valence-electron chi connectivity index (χ1n) is 6.52. The third-order valence-corrected chi connectivity index (χ3v) is 3.75. The fourth-order valence-corrected chi connectivity index (χ4v) is 2.75. The number of hydrogen-bond donors (Lipinski definition) is 1. The predicted molar refractivity (Wildman–Crippen MR) is 68.0 cm³/mol. The van der Waals surface area contributed by atoms with Gasteiger partial charge in [-0.25, -0.2) is 0 Å². The summed E-state index contributed by atoms with van der Waals surface area (Å²) in [5, 5.41) is 3.64. The first kappa shape index (κ1) is 11.2. The molecule has 1 atom stereocenters. The Labute approximate surface area is 103 Å². The molecule has 2 aliphatic rings. The van der Waals surface area contributed by atoms with Crippen LogP contribution in [0, 0.1) is 0 Å². The Kier molecular flexibility index (Phi) is 3.41. The van der Waals surface area contributed by atoms with Crippen LogP contribution in [0.2, 0.25) is 0 Å². The van der Waals surface area contributed by atoms with Crippen molar-refractivity contribution in [3.8, 4) is 0 Å². The second-order valence-electron chi connectivity index (χ2n) is 4.96. The van der Waals surface area contributed by atoms with Gasteiger partial charge < -0.3 is 10.1 Å². The van der Waals surface area contributed by atoms with Gasteiger partial charge in [-0.2, -0.15) is 0 Å². The van der Waals surface area contributed by atoms with Crippen LogP contribution >= 0.6 is 0 Å². The predicted octanol–water partition coefficient (Wildman–Crippen LogP) is 1.03. The Bertz CT molecular complexity index is 374. The molecule has 0 aliphatic carbocycles. The molecule has 1 fully saturated rings. The van der Waals surface area contributed by atoms with Gasteiger partial charge in [-0.05, 0) is 17.5 Å². The molecule has 2 aliphatic heterocycles. The normalized spacial score (nSPS) is 25.5.